The van der Waals surface area contributed by atoms with Crippen LogP contribution in [0.3, 0.4) is 0 Å². The maximum Gasteiger partial charge on any atom is 0.305 e. The molecule has 0 saturated heterocycles. The first-order valence-electron chi connectivity index (χ1n) is 5.17. The van der Waals surface area contributed by atoms with Crippen LogP contribution in [0.15, 0.2) is 45.5 Å². The number of benzene rings is 1. The van der Waals surface area contributed by atoms with Gasteiger partial charge in [-0.15, -0.1) is 0 Å². The van der Waals surface area contributed by atoms with E-state index < -0.39 is 17.6 Å². The van der Waals surface area contributed by atoms with E-state index in [1.807, 2.05) is 0 Å². The molecule has 0 radical (unpaired) electrons. The highest BCUT2D eigenvalue weighted by atomic mass is 79.9. The average Bonchev–Trinajstić information content (AvgIpc) is 2.89. The van der Waals surface area contributed by atoms with Crippen LogP contribution in [0.4, 0.5) is 4.39 Å². The molecule has 2 aromatic rings. The molecule has 2 N–H and O–H groups in total. The summed E-state index contributed by atoms with van der Waals surface area (Å²) >= 11 is 3.08. The fourth-order valence-electron chi connectivity index (χ4n) is 1.32. The van der Waals surface area contributed by atoms with Crippen molar-refractivity contribution in [3.05, 3.63) is 58.2 Å². The van der Waals surface area contributed by atoms with Gasteiger partial charge in [0.05, 0.1) is 11.8 Å². The number of hydrogen-bond donors (Lipinski definition) is 2. The molecule has 98 valence electrons. The minimum absolute atomic E-state index is 0.0385. The molecule has 0 unspecified atom stereocenters. The number of furan rings is 1. The van der Waals surface area contributed by atoms with E-state index in [1.54, 1.807) is 0 Å². The zero-order chi connectivity index (χ0) is 13.8. The van der Waals surface area contributed by atoms with Crippen molar-refractivity contribution in [2.24, 2.45) is 0 Å². The Balaban J connectivity index is 2.00. The average molecular weight is 327 g/mol. The Bertz CT molecular complexity index is 613. The fraction of sp³-hybridized carbons (Fsp3) is 0. The molecule has 7 heteroatoms. The van der Waals surface area contributed by atoms with Crippen molar-refractivity contribution in [3.63, 3.8) is 0 Å². The summed E-state index contributed by atoms with van der Waals surface area (Å²) in [5.74, 6) is -2.04. The zero-order valence-corrected chi connectivity index (χ0v) is 11.0. The second kappa shape index (κ2) is 5.66. The molecule has 19 heavy (non-hydrogen) atoms. The molecule has 5 nitrogen and oxygen atoms in total. The third-order valence-corrected chi connectivity index (χ3v) is 2.70. The van der Waals surface area contributed by atoms with Crippen LogP contribution in [0.5, 0.6) is 0 Å². The van der Waals surface area contributed by atoms with E-state index >= 15 is 0 Å². The lowest BCUT2D eigenvalue weighted by Gasteiger charge is -2.06. The van der Waals surface area contributed by atoms with Gasteiger partial charge in [0.15, 0.2) is 5.76 Å². The molecule has 1 heterocycles. The standard InChI is InChI=1S/C12H8BrFN2O3/c13-7-3-4-8(9(14)6-7)11(17)15-16-12(18)10-2-1-5-19-10/h1-6H,(H,15,17)(H,16,18). The summed E-state index contributed by atoms with van der Waals surface area (Å²) in [7, 11) is 0. The van der Waals surface area contributed by atoms with E-state index in [4.69, 9.17) is 4.42 Å². The molecule has 0 bridgehead atoms. The van der Waals surface area contributed by atoms with Crippen LogP contribution >= 0.6 is 15.9 Å². The minimum atomic E-state index is -0.759. The number of amides is 2. The molecule has 0 fully saturated rings. The molecule has 1 aromatic heterocycles. The molecule has 0 aliphatic rings. The van der Waals surface area contributed by atoms with E-state index in [2.05, 4.69) is 26.8 Å². The van der Waals surface area contributed by atoms with Crippen molar-refractivity contribution in [3.8, 4) is 0 Å². The predicted octanol–water partition coefficient (Wildman–Crippen LogP) is 2.26. The van der Waals surface area contributed by atoms with Crippen LogP contribution in [0.1, 0.15) is 20.9 Å². The highest BCUT2D eigenvalue weighted by molar-refractivity contribution is 9.10. The number of hydrazine groups is 1. The maximum absolute atomic E-state index is 13.5. The Hall–Kier alpha value is -2.15. The smallest absolute Gasteiger partial charge is 0.305 e. The number of rotatable bonds is 2. The van der Waals surface area contributed by atoms with Gasteiger partial charge < -0.3 is 4.42 Å². The summed E-state index contributed by atoms with van der Waals surface area (Å²) in [5, 5.41) is 0. The summed E-state index contributed by atoms with van der Waals surface area (Å²) in [6.07, 6.45) is 1.32. The lowest BCUT2D eigenvalue weighted by molar-refractivity contribution is 0.0828. The van der Waals surface area contributed by atoms with E-state index in [-0.39, 0.29) is 11.3 Å². The van der Waals surface area contributed by atoms with Crippen molar-refractivity contribution in [2.75, 3.05) is 0 Å². The lowest BCUT2D eigenvalue weighted by Crippen LogP contribution is -2.41. The van der Waals surface area contributed by atoms with Gasteiger partial charge in [-0.3, -0.25) is 20.4 Å². The fourth-order valence-corrected chi connectivity index (χ4v) is 1.66. The zero-order valence-electron chi connectivity index (χ0n) is 9.44. The van der Waals surface area contributed by atoms with Gasteiger partial charge in [-0.25, -0.2) is 4.39 Å². The Kier molecular flexibility index (Phi) is 3.96. The third kappa shape index (κ3) is 3.19. The Morgan fingerprint density at radius 1 is 1.16 bits per heavy atom. The van der Waals surface area contributed by atoms with Gasteiger partial charge in [0, 0.05) is 4.47 Å². The van der Waals surface area contributed by atoms with E-state index in [1.165, 1.54) is 30.5 Å². The molecule has 2 amide bonds. The molecule has 2 rings (SSSR count). The van der Waals surface area contributed by atoms with Crippen LogP contribution in [0, 0.1) is 5.82 Å². The van der Waals surface area contributed by atoms with Crippen LogP contribution in [-0.2, 0) is 0 Å². The van der Waals surface area contributed by atoms with Gasteiger partial charge in [0.2, 0.25) is 0 Å². The van der Waals surface area contributed by atoms with Crippen LogP contribution in [-0.4, -0.2) is 11.8 Å². The number of halogens is 2. The van der Waals surface area contributed by atoms with Gasteiger partial charge in [0.25, 0.3) is 5.91 Å². The second-order valence-electron chi connectivity index (χ2n) is 3.51. The Morgan fingerprint density at radius 3 is 2.53 bits per heavy atom. The van der Waals surface area contributed by atoms with Gasteiger partial charge in [-0.1, -0.05) is 15.9 Å². The third-order valence-electron chi connectivity index (χ3n) is 2.21. The van der Waals surface area contributed by atoms with Crippen molar-refractivity contribution in [1.82, 2.24) is 10.9 Å². The highest BCUT2D eigenvalue weighted by Gasteiger charge is 2.14. The van der Waals surface area contributed by atoms with E-state index in [9.17, 15) is 14.0 Å². The minimum Gasteiger partial charge on any atom is -0.459 e. The van der Waals surface area contributed by atoms with E-state index in [0.29, 0.717) is 4.47 Å². The normalized spacial score (nSPS) is 10.0. The summed E-state index contributed by atoms with van der Waals surface area (Å²) in [6, 6.07) is 6.94. The molecule has 1 aromatic carbocycles. The molecule has 0 atom stereocenters. The van der Waals surface area contributed by atoms with Crippen LogP contribution < -0.4 is 10.9 Å². The Labute approximate surface area is 115 Å². The van der Waals surface area contributed by atoms with Crippen LogP contribution in [0.25, 0.3) is 0 Å². The summed E-state index contributed by atoms with van der Waals surface area (Å²) in [6.45, 7) is 0. The molecule has 0 aliphatic carbocycles. The second-order valence-corrected chi connectivity index (χ2v) is 4.43. The Morgan fingerprint density at radius 2 is 1.89 bits per heavy atom. The van der Waals surface area contributed by atoms with Gasteiger partial charge in [-0.05, 0) is 30.3 Å². The number of carbonyl (C=O) groups is 2. The van der Waals surface area contributed by atoms with Crippen LogP contribution in [0.2, 0.25) is 0 Å². The summed E-state index contributed by atoms with van der Waals surface area (Å²) in [4.78, 5) is 23.1. The van der Waals surface area contributed by atoms with Crippen molar-refractivity contribution < 1.29 is 18.4 Å². The largest absolute Gasteiger partial charge is 0.459 e. The van der Waals surface area contributed by atoms with Gasteiger partial charge in [0.1, 0.15) is 5.82 Å². The lowest BCUT2D eigenvalue weighted by atomic mass is 10.2. The van der Waals surface area contributed by atoms with Gasteiger partial charge >= 0.3 is 5.91 Å². The van der Waals surface area contributed by atoms with E-state index in [0.717, 1.165) is 6.07 Å². The quantitative estimate of drug-likeness (QED) is 0.831. The molecule has 0 aliphatic heterocycles. The van der Waals surface area contributed by atoms with Crippen molar-refractivity contribution >= 4 is 27.7 Å². The first-order valence-corrected chi connectivity index (χ1v) is 5.96. The molecular formula is C12H8BrFN2O3. The van der Waals surface area contributed by atoms with Crippen molar-refractivity contribution in [2.45, 2.75) is 0 Å². The maximum atomic E-state index is 13.5. The number of hydrogen-bond acceptors (Lipinski definition) is 3. The predicted molar refractivity (Wildman–Crippen MR) is 67.7 cm³/mol. The number of carbonyl (C=O) groups excluding carboxylic acids is 2. The highest BCUT2D eigenvalue weighted by Crippen LogP contribution is 2.14. The summed E-state index contributed by atoms with van der Waals surface area (Å²) < 4.78 is 18.8. The summed E-state index contributed by atoms with van der Waals surface area (Å²) in [5.41, 5.74) is 4.03. The molecule has 0 spiro atoms. The molecular weight excluding hydrogens is 319 g/mol. The first kappa shape index (κ1) is 13.3. The monoisotopic (exact) mass is 326 g/mol. The number of nitrogens with one attached hydrogen (secondary N) is 2. The molecule has 0 saturated carbocycles. The van der Waals surface area contributed by atoms with Crippen molar-refractivity contribution in [1.29, 1.82) is 0 Å². The van der Waals surface area contributed by atoms with Gasteiger partial charge in [-0.2, -0.15) is 0 Å². The topological polar surface area (TPSA) is 71.3 Å². The SMILES string of the molecule is O=C(NNC(=O)c1ccc(Br)cc1F)c1ccco1. The first-order chi connectivity index (χ1) is 9.08.